The van der Waals surface area contributed by atoms with Crippen LogP contribution in [-0.4, -0.2) is 11.6 Å². The number of hydrogen-bond donors (Lipinski definition) is 0. The van der Waals surface area contributed by atoms with Crippen molar-refractivity contribution >= 4 is 23.0 Å². The monoisotopic (exact) mass is 408 g/mol. The summed E-state index contributed by atoms with van der Waals surface area (Å²) in [5, 5.41) is 12.4. The van der Waals surface area contributed by atoms with Gasteiger partial charge in [-0.3, -0.25) is 0 Å². The van der Waals surface area contributed by atoms with E-state index in [2.05, 4.69) is 42.5 Å². The molecule has 0 aliphatic heterocycles. The number of rotatable bonds is 6. The van der Waals surface area contributed by atoms with Crippen LogP contribution in [0, 0.1) is 11.3 Å². The van der Waals surface area contributed by atoms with Gasteiger partial charge in [0.15, 0.2) is 0 Å². The number of hydrogen-bond acceptors (Lipinski definition) is 4. The number of para-hydroxylation sites is 1. The Hall–Kier alpha value is -3.68. The van der Waals surface area contributed by atoms with Gasteiger partial charge in [0.05, 0.1) is 17.9 Å². The summed E-state index contributed by atoms with van der Waals surface area (Å²) in [6.45, 7) is 2.52. The van der Waals surface area contributed by atoms with E-state index < -0.39 is 0 Å². The molecule has 3 nitrogen and oxygen atoms in total. The zero-order chi connectivity index (χ0) is 20.8. The van der Waals surface area contributed by atoms with Gasteiger partial charge < -0.3 is 4.74 Å². The van der Waals surface area contributed by atoms with Crippen molar-refractivity contribution in [1.82, 2.24) is 4.98 Å². The molecule has 0 bridgehead atoms. The smallest absolute Gasteiger partial charge is 0.134 e. The summed E-state index contributed by atoms with van der Waals surface area (Å²) in [5.74, 6) is 0.765. The lowest BCUT2D eigenvalue weighted by molar-refractivity contribution is 0.339. The van der Waals surface area contributed by atoms with Crippen molar-refractivity contribution in [2.75, 3.05) is 6.61 Å². The molecule has 4 aromatic rings. The van der Waals surface area contributed by atoms with Crippen molar-refractivity contribution in [3.8, 4) is 34.2 Å². The fraction of sp³-hybridized carbons (Fsp3) is 0.0769. The Morgan fingerprint density at radius 3 is 2.33 bits per heavy atom. The number of allylic oxidation sites excluding steroid dienone is 1. The zero-order valence-corrected chi connectivity index (χ0v) is 17.4. The first kappa shape index (κ1) is 19.6. The highest BCUT2D eigenvalue weighted by atomic mass is 32.1. The van der Waals surface area contributed by atoms with Crippen molar-refractivity contribution < 1.29 is 4.74 Å². The lowest BCUT2D eigenvalue weighted by atomic mass is 10.0. The van der Waals surface area contributed by atoms with E-state index in [0.717, 1.165) is 22.6 Å². The van der Waals surface area contributed by atoms with Crippen LogP contribution in [0.1, 0.15) is 17.5 Å². The molecule has 0 N–H and O–H groups in total. The molecular weight excluding hydrogens is 388 g/mol. The molecule has 0 fully saturated rings. The number of aromatic nitrogens is 1. The van der Waals surface area contributed by atoms with Crippen molar-refractivity contribution in [3.63, 3.8) is 0 Å². The maximum atomic E-state index is 9.71. The Labute approximate surface area is 180 Å². The summed E-state index contributed by atoms with van der Waals surface area (Å²) < 4.78 is 5.67. The van der Waals surface area contributed by atoms with E-state index >= 15 is 0 Å². The van der Waals surface area contributed by atoms with Gasteiger partial charge in [-0.1, -0.05) is 72.8 Å². The Balaban J connectivity index is 1.61. The largest absolute Gasteiger partial charge is 0.493 e. The van der Waals surface area contributed by atoms with E-state index in [1.165, 1.54) is 22.5 Å². The fourth-order valence-electron chi connectivity index (χ4n) is 3.18. The molecule has 0 aliphatic carbocycles. The maximum absolute atomic E-state index is 9.71. The highest BCUT2D eigenvalue weighted by Crippen LogP contribution is 2.30. The first-order valence-electron chi connectivity index (χ1n) is 9.74. The highest BCUT2D eigenvalue weighted by molar-refractivity contribution is 7.11. The predicted molar refractivity (Wildman–Crippen MR) is 124 cm³/mol. The number of thiazole rings is 1. The molecule has 4 rings (SSSR count). The van der Waals surface area contributed by atoms with Crippen molar-refractivity contribution in [2.24, 2.45) is 0 Å². The van der Waals surface area contributed by atoms with Gasteiger partial charge >= 0.3 is 0 Å². The third kappa shape index (κ3) is 4.32. The minimum absolute atomic E-state index is 0.527. The number of nitrogens with zero attached hydrogens (tertiary/aromatic N) is 2. The predicted octanol–water partition coefficient (Wildman–Crippen LogP) is 6.94. The van der Waals surface area contributed by atoms with E-state index in [9.17, 15) is 5.26 Å². The van der Waals surface area contributed by atoms with Gasteiger partial charge in [0.2, 0.25) is 0 Å². The van der Waals surface area contributed by atoms with Crippen LogP contribution in [0.15, 0.2) is 84.2 Å². The summed E-state index contributed by atoms with van der Waals surface area (Å²) in [6.07, 6.45) is 1.84. The first-order valence-corrected chi connectivity index (χ1v) is 10.6. The van der Waals surface area contributed by atoms with Crippen LogP contribution in [0.25, 0.3) is 34.0 Å². The molecule has 0 aliphatic rings. The molecule has 30 heavy (non-hydrogen) atoms. The van der Waals surface area contributed by atoms with Crippen LogP contribution in [0.4, 0.5) is 0 Å². The number of benzene rings is 3. The Bertz CT molecular complexity index is 1200. The molecule has 0 atom stereocenters. The topological polar surface area (TPSA) is 45.9 Å². The molecule has 0 radical (unpaired) electrons. The molecule has 146 valence electrons. The molecule has 0 spiro atoms. The Kier molecular flexibility index (Phi) is 6.03. The lowest BCUT2D eigenvalue weighted by Crippen LogP contribution is -1.93. The highest BCUT2D eigenvalue weighted by Gasteiger charge is 2.11. The lowest BCUT2D eigenvalue weighted by Gasteiger charge is -2.06. The maximum Gasteiger partial charge on any atom is 0.134 e. The number of ether oxygens (including phenoxy) is 1. The van der Waals surface area contributed by atoms with Crippen LogP contribution in [0.3, 0.4) is 0 Å². The Morgan fingerprint density at radius 2 is 1.60 bits per heavy atom. The van der Waals surface area contributed by atoms with Crippen LogP contribution in [0.2, 0.25) is 0 Å². The molecular formula is C26H20N2OS. The minimum Gasteiger partial charge on any atom is -0.493 e. The van der Waals surface area contributed by atoms with Crippen molar-refractivity contribution in [2.45, 2.75) is 6.92 Å². The van der Waals surface area contributed by atoms with E-state index in [1.807, 2.05) is 60.8 Å². The van der Waals surface area contributed by atoms with Crippen LogP contribution in [0.5, 0.6) is 5.75 Å². The average molecular weight is 409 g/mol. The first-order chi connectivity index (χ1) is 14.8. The van der Waals surface area contributed by atoms with E-state index in [0.29, 0.717) is 17.2 Å². The third-order valence-corrected chi connectivity index (χ3v) is 5.54. The number of nitriles is 1. The zero-order valence-electron chi connectivity index (χ0n) is 16.6. The normalized spacial score (nSPS) is 11.1. The molecule has 0 saturated carbocycles. The SMILES string of the molecule is CCOc1ccccc1C=C(C#N)c1nc(-c2ccc(-c3ccccc3)cc2)cs1. The summed E-state index contributed by atoms with van der Waals surface area (Å²) in [6, 6.07) is 28.6. The molecule has 0 amide bonds. The molecule has 4 heteroatoms. The average Bonchev–Trinajstić information content (AvgIpc) is 3.29. The van der Waals surface area contributed by atoms with E-state index in [-0.39, 0.29) is 0 Å². The van der Waals surface area contributed by atoms with Gasteiger partial charge in [-0.05, 0) is 30.2 Å². The van der Waals surface area contributed by atoms with E-state index in [4.69, 9.17) is 9.72 Å². The van der Waals surface area contributed by atoms with Crippen molar-refractivity contribution in [3.05, 3.63) is 94.8 Å². The second kappa shape index (κ2) is 9.21. The molecule has 1 aromatic heterocycles. The van der Waals surface area contributed by atoms with Gasteiger partial charge in [0.25, 0.3) is 0 Å². The van der Waals surface area contributed by atoms with Gasteiger partial charge in [-0.15, -0.1) is 11.3 Å². The van der Waals surface area contributed by atoms with E-state index in [1.54, 1.807) is 0 Å². The van der Waals surface area contributed by atoms with Crippen LogP contribution in [-0.2, 0) is 0 Å². The standard InChI is InChI=1S/C26H20N2OS/c1-2-29-25-11-7-6-10-22(25)16-23(17-27)26-28-24(18-30-26)21-14-12-20(13-15-21)19-8-4-3-5-9-19/h3-16,18H,2H2,1H3. The quantitative estimate of drug-likeness (QED) is 0.325. The van der Waals surface area contributed by atoms with Gasteiger partial charge in [-0.25, -0.2) is 4.98 Å². The van der Waals surface area contributed by atoms with Gasteiger partial charge in [0.1, 0.15) is 16.8 Å². The second-order valence-corrected chi connectivity index (χ2v) is 7.48. The Morgan fingerprint density at radius 1 is 0.933 bits per heavy atom. The van der Waals surface area contributed by atoms with Crippen LogP contribution < -0.4 is 4.74 Å². The molecule has 3 aromatic carbocycles. The summed E-state index contributed by atoms with van der Waals surface area (Å²) in [4.78, 5) is 4.71. The summed E-state index contributed by atoms with van der Waals surface area (Å²) in [5.41, 5.74) is 5.66. The van der Waals surface area contributed by atoms with Crippen LogP contribution >= 0.6 is 11.3 Å². The van der Waals surface area contributed by atoms with Gasteiger partial charge in [0, 0.05) is 16.5 Å². The summed E-state index contributed by atoms with van der Waals surface area (Å²) in [7, 11) is 0. The fourth-order valence-corrected chi connectivity index (χ4v) is 3.97. The molecule has 0 unspecified atom stereocenters. The summed E-state index contributed by atoms with van der Waals surface area (Å²) >= 11 is 1.47. The van der Waals surface area contributed by atoms with Crippen molar-refractivity contribution in [1.29, 1.82) is 5.26 Å². The minimum atomic E-state index is 0.527. The second-order valence-electron chi connectivity index (χ2n) is 6.62. The molecule has 0 saturated heterocycles. The third-order valence-electron chi connectivity index (χ3n) is 4.66. The molecule has 1 heterocycles. The van der Waals surface area contributed by atoms with Gasteiger partial charge in [-0.2, -0.15) is 5.26 Å².